The van der Waals surface area contributed by atoms with Gasteiger partial charge in [-0.2, -0.15) is 26.3 Å². The van der Waals surface area contributed by atoms with E-state index < -0.39 is 30.1 Å². The molecule has 0 aromatic carbocycles. The molecule has 0 amide bonds. The number of hydrogen-bond acceptors (Lipinski definition) is 2. The Morgan fingerprint density at radius 3 is 2.00 bits per heavy atom. The molecule has 1 saturated heterocycles. The van der Waals surface area contributed by atoms with Gasteiger partial charge in [0.15, 0.2) is 5.60 Å². The smallest absolute Gasteiger partial charge is 0.378 e. The molecular weight excluding hydrogens is 412 g/mol. The Kier molecular flexibility index (Phi) is 5.59. The molecule has 0 spiro atoms. The molecule has 0 aliphatic carbocycles. The van der Waals surface area contributed by atoms with Crippen LogP contribution in [0.2, 0.25) is 0 Å². The van der Waals surface area contributed by atoms with E-state index in [0.29, 0.717) is 44.2 Å². The molecule has 1 N–H and O–H groups in total. The molecule has 1 fully saturated rings. The lowest BCUT2D eigenvalue weighted by Gasteiger charge is -2.28. The summed E-state index contributed by atoms with van der Waals surface area (Å²) in [5, 5.41) is 10.0. The third-order valence-corrected chi connectivity index (χ3v) is 5.42. The molecule has 166 valence electrons. The van der Waals surface area contributed by atoms with Crippen LogP contribution in [0.5, 0.6) is 0 Å². The summed E-state index contributed by atoms with van der Waals surface area (Å²) in [6, 6.07) is 4.40. The van der Waals surface area contributed by atoms with E-state index >= 15 is 0 Å². The Morgan fingerprint density at radius 1 is 1.00 bits per heavy atom. The number of hydrogen-bond donors (Lipinski definition) is 1. The van der Waals surface area contributed by atoms with Crippen molar-refractivity contribution in [1.29, 1.82) is 0 Å². The molecule has 2 aromatic heterocycles. The molecule has 1 unspecified atom stereocenters. The molecule has 1 aliphatic rings. The minimum atomic E-state index is -5.00. The highest BCUT2D eigenvalue weighted by Crippen LogP contribution is 2.38. The molecule has 30 heavy (non-hydrogen) atoms. The Hall–Kier alpha value is -2.23. The first-order chi connectivity index (χ1) is 13.7. The number of anilines is 1. The van der Waals surface area contributed by atoms with Gasteiger partial charge in [0.2, 0.25) is 0 Å². The maximum absolute atomic E-state index is 14.0. The lowest BCUT2D eigenvalue weighted by Crippen LogP contribution is -2.56. The first-order valence-corrected chi connectivity index (χ1v) is 9.56. The van der Waals surface area contributed by atoms with Gasteiger partial charge in [-0.1, -0.05) is 0 Å². The number of nitrogens with zero attached hydrogens (tertiary/aromatic N) is 3. The van der Waals surface area contributed by atoms with Gasteiger partial charge in [0.25, 0.3) is 5.82 Å². The second-order valence-corrected chi connectivity index (χ2v) is 7.98. The summed E-state index contributed by atoms with van der Waals surface area (Å²) in [6.45, 7) is 3.52. The summed E-state index contributed by atoms with van der Waals surface area (Å²) >= 11 is 0. The van der Waals surface area contributed by atoms with Crippen LogP contribution in [0.3, 0.4) is 0 Å². The third-order valence-electron chi connectivity index (χ3n) is 5.42. The zero-order chi connectivity index (χ0) is 22.5. The van der Waals surface area contributed by atoms with Crippen LogP contribution in [-0.4, -0.2) is 34.5 Å². The average Bonchev–Trinajstić information content (AvgIpc) is 3.22. The van der Waals surface area contributed by atoms with Crippen molar-refractivity contribution in [2.45, 2.75) is 58.1 Å². The van der Waals surface area contributed by atoms with Gasteiger partial charge >= 0.3 is 12.4 Å². The molecule has 0 saturated carbocycles. The summed E-state index contributed by atoms with van der Waals surface area (Å²) in [5.74, 6) is -0.351. The number of halogens is 6. The summed E-state index contributed by atoms with van der Waals surface area (Å²) in [7, 11) is 0. The molecule has 3 rings (SSSR count). The zero-order valence-electron chi connectivity index (χ0n) is 16.9. The van der Waals surface area contributed by atoms with E-state index in [0.717, 1.165) is 10.6 Å². The van der Waals surface area contributed by atoms with Crippen LogP contribution in [0.1, 0.15) is 36.7 Å². The van der Waals surface area contributed by atoms with E-state index in [2.05, 4.69) is 0 Å². The van der Waals surface area contributed by atoms with Crippen molar-refractivity contribution in [3.8, 4) is 5.69 Å². The van der Waals surface area contributed by atoms with Crippen molar-refractivity contribution >= 4 is 5.82 Å². The fraction of sp³-hybridized carbons (Fsp3) is 0.550. The summed E-state index contributed by atoms with van der Waals surface area (Å²) in [4.78, 5) is 1.44. The van der Waals surface area contributed by atoms with E-state index in [4.69, 9.17) is 0 Å². The van der Waals surface area contributed by atoms with E-state index in [1.807, 2.05) is 0 Å². The molecule has 3 heterocycles. The maximum Gasteiger partial charge on any atom is 0.424 e. The second-order valence-electron chi connectivity index (χ2n) is 7.98. The number of aryl methyl sites for hydroxylation is 2. The first-order valence-electron chi connectivity index (χ1n) is 9.56. The quantitative estimate of drug-likeness (QED) is 0.572. The van der Waals surface area contributed by atoms with Crippen LogP contribution in [-0.2, 0) is 12.7 Å². The Morgan fingerprint density at radius 2 is 1.53 bits per heavy atom. The largest absolute Gasteiger partial charge is 0.424 e. The van der Waals surface area contributed by atoms with Crippen LogP contribution in [0, 0.1) is 13.8 Å². The van der Waals surface area contributed by atoms with Gasteiger partial charge in [0, 0.05) is 11.4 Å². The van der Waals surface area contributed by atoms with Gasteiger partial charge in [-0.3, -0.25) is 4.90 Å². The first kappa shape index (κ1) is 22.5. The number of alkyl halides is 6. The standard InChI is InChI=1S/C20H24F6N3O/c1-13-6-7-14(2)29(13)15-10-16(19(21,22)23)17(27-8-4-5-9-27)28(11-15)12-18(3,30)20(24,25)26/h6-7,10-11,30H,4-5,8-9,12H2,1-3H3/q+1. The molecule has 10 heteroatoms. The van der Waals surface area contributed by atoms with E-state index in [9.17, 15) is 31.4 Å². The number of rotatable bonds is 4. The van der Waals surface area contributed by atoms with Crippen molar-refractivity contribution in [3.63, 3.8) is 0 Å². The van der Waals surface area contributed by atoms with E-state index in [1.54, 1.807) is 30.5 Å². The van der Waals surface area contributed by atoms with Crippen molar-refractivity contribution in [3.05, 3.63) is 41.3 Å². The Bertz CT molecular complexity index is 904. The fourth-order valence-electron chi connectivity index (χ4n) is 3.85. The predicted molar refractivity (Wildman–Crippen MR) is 98.6 cm³/mol. The number of aliphatic hydroxyl groups is 1. The number of aromatic nitrogens is 2. The van der Waals surface area contributed by atoms with E-state index in [-0.39, 0.29) is 11.5 Å². The predicted octanol–water partition coefficient (Wildman–Crippen LogP) is 4.31. The Balaban J connectivity index is 2.29. The van der Waals surface area contributed by atoms with Crippen LogP contribution >= 0.6 is 0 Å². The average molecular weight is 436 g/mol. The second kappa shape index (κ2) is 7.47. The van der Waals surface area contributed by atoms with Crippen molar-refractivity contribution in [2.24, 2.45) is 0 Å². The topological polar surface area (TPSA) is 32.3 Å². The number of pyridine rings is 1. The van der Waals surface area contributed by atoms with Gasteiger partial charge in [-0.15, -0.1) is 0 Å². The van der Waals surface area contributed by atoms with Gasteiger partial charge in [0.1, 0.15) is 18.3 Å². The monoisotopic (exact) mass is 436 g/mol. The van der Waals surface area contributed by atoms with Gasteiger partial charge in [-0.05, 0) is 51.8 Å². The molecular formula is C20H24F6N3O+. The lowest BCUT2D eigenvalue weighted by molar-refractivity contribution is -0.704. The lowest BCUT2D eigenvalue weighted by atomic mass is 10.1. The Labute approximate surface area is 170 Å². The maximum atomic E-state index is 14.0. The molecule has 1 atom stereocenters. The van der Waals surface area contributed by atoms with Crippen LogP contribution in [0.25, 0.3) is 5.69 Å². The van der Waals surface area contributed by atoms with Gasteiger partial charge in [0.05, 0.1) is 18.8 Å². The zero-order valence-corrected chi connectivity index (χ0v) is 16.9. The van der Waals surface area contributed by atoms with Crippen LogP contribution < -0.4 is 9.47 Å². The minimum absolute atomic E-state index is 0.0863. The van der Waals surface area contributed by atoms with Gasteiger partial charge < -0.3 is 9.67 Å². The van der Waals surface area contributed by atoms with Gasteiger partial charge in [-0.25, -0.2) is 4.57 Å². The highest BCUT2D eigenvalue weighted by molar-refractivity contribution is 5.50. The minimum Gasteiger partial charge on any atom is -0.378 e. The SMILES string of the molecule is Cc1ccc(C)n1-c1cc(C(F)(F)F)c(N2CCCC2)[n+](CC(C)(O)C(F)(F)F)c1. The fourth-order valence-corrected chi connectivity index (χ4v) is 3.85. The van der Waals surface area contributed by atoms with Crippen LogP contribution in [0.15, 0.2) is 24.4 Å². The van der Waals surface area contributed by atoms with Crippen molar-refractivity contribution < 1.29 is 36.0 Å². The third kappa shape index (κ3) is 4.14. The molecule has 4 nitrogen and oxygen atoms in total. The van der Waals surface area contributed by atoms with Crippen molar-refractivity contribution in [1.82, 2.24) is 4.57 Å². The molecule has 0 radical (unpaired) electrons. The van der Waals surface area contributed by atoms with Crippen molar-refractivity contribution in [2.75, 3.05) is 18.0 Å². The molecule has 1 aliphatic heterocycles. The summed E-state index contributed by atoms with van der Waals surface area (Å²) in [6.07, 6.45) is -7.25. The molecule has 0 bridgehead atoms. The highest BCUT2D eigenvalue weighted by Gasteiger charge is 2.53. The highest BCUT2D eigenvalue weighted by atomic mass is 19.4. The van der Waals surface area contributed by atoms with Crippen LogP contribution in [0.4, 0.5) is 32.2 Å². The summed E-state index contributed by atoms with van der Waals surface area (Å²) in [5.41, 5.74) is -2.85. The molecule has 2 aromatic rings. The normalized spacial score (nSPS) is 17.5. The summed E-state index contributed by atoms with van der Waals surface area (Å²) < 4.78 is 84.6. The van der Waals surface area contributed by atoms with E-state index in [1.165, 1.54) is 11.1 Å².